The normalized spacial score (nSPS) is 10.7. The fraction of sp³-hybridized carbons (Fsp3) is 0.100. The van der Waals surface area contributed by atoms with Gasteiger partial charge in [-0.05, 0) is 24.3 Å². The number of aromatic nitrogens is 3. The van der Waals surface area contributed by atoms with Crippen molar-refractivity contribution in [3.63, 3.8) is 0 Å². The van der Waals surface area contributed by atoms with Gasteiger partial charge in [-0.1, -0.05) is 0 Å². The van der Waals surface area contributed by atoms with E-state index in [4.69, 9.17) is 14.3 Å². The highest BCUT2D eigenvalue weighted by Crippen LogP contribution is 2.19. The van der Waals surface area contributed by atoms with Crippen molar-refractivity contribution in [1.82, 2.24) is 15.4 Å². The van der Waals surface area contributed by atoms with Crippen LogP contribution >= 0.6 is 0 Å². The number of H-pyrrole nitrogens is 1. The summed E-state index contributed by atoms with van der Waals surface area (Å²) in [4.78, 5) is 17.0. The van der Waals surface area contributed by atoms with E-state index in [1.165, 1.54) is 6.20 Å². The molecule has 8 heteroatoms. The highest BCUT2D eigenvalue weighted by Gasteiger charge is 2.01. The Kier molecular flexibility index (Phi) is 5.43. The zero-order valence-electron chi connectivity index (χ0n) is 9.32. The molecule has 1 heterocycles. The van der Waals surface area contributed by atoms with Crippen LogP contribution in [0.2, 0.25) is 0 Å². The van der Waals surface area contributed by atoms with E-state index in [0.29, 0.717) is 11.6 Å². The summed E-state index contributed by atoms with van der Waals surface area (Å²) in [6.45, 7) is 0. The molecule has 0 radical (unpaired) electrons. The number of nitrogens with zero attached hydrogens (tertiary/aromatic N) is 2. The molecule has 0 saturated carbocycles. The minimum Gasteiger partial charge on any atom is -0.436 e. The van der Waals surface area contributed by atoms with Crippen LogP contribution in [0.25, 0.3) is 0 Å². The minimum absolute atomic E-state index is 0.250. The van der Waals surface area contributed by atoms with Crippen molar-refractivity contribution in [3.8, 4) is 11.6 Å². The Morgan fingerprint density at radius 1 is 1.28 bits per heavy atom. The molecule has 0 fully saturated rings. The van der Waals surface area contributed by atoms with Gasteiger partial charge in [0.2, 0.25) is 0 Å². The second-order valence-electron chi connectivity index (χ2n) is 2.92. The number of hydrogen-bond acceptors (Lipinski definition) is 6. The first kappa shape index (κ1) is 13.8. The minimum atomic E-state index is -0.966. The SMILES string of the molecule is CS(=O)c1ccc(Oc2cn[nH]n2)cc1.O=C=O. The molecule has 1 N–H and O–H groups in total. The van der Waals surface area contributed by atoms with Crippen molar-refractivity contribution in [2.75, 3.05) is 6.26 Å². The molecule has 0 aliphatic rings. The topological polar surface area (TPSA) is 102 Å². The van der Waals surface area contributed by atoms with Gasteiger partial charge < -0.3 is 4.74 Å². The van der Waals surface area contributed by atoms with Crippen molar-refractivity contribution in [2.24, 2.45) is 0 Å². The van der Waals surface area contributed by atoms with Gasteiger partial charge in [-0.2, -0.15) is 19.9 Å². The zero-order chi connectivity index (χ0) is 13.4. The third kappa shape index (κ3) is 4.28. The third-order valence-electron chi connectivity index (χ3n) is 1.77. The lowest BCUT2D eigenvalue weighted by Gasteiger charge is -2.01. The van der Waals surface area contributed by atoms with E-state index in [9.17, 15) is 4.21 Å². The van der Waals surface area contributed by atoms with Crippen molar-refractivity contribution in [3.05, 3.63) is 30.5 Å². The first-order valence-corrected chi connectivity index (χ1v) is 6.19. The van der Waals surface area contributed by atoms with Crippen molar-refractivity contribution in [2.45, 2.75) is 4.90 Å². The van der Waals surface area contributed by atoms with E-state index in [1.54, 1.807) is 30.5 Å². The summed E-state index contributed by atoms with van der Waals surface area (Å²) in [5.41, 5.74) is 0. The summed E-state index contributed by atoms with van der Waals surface area (Å²) in [5.74, 6) is 1.04. The van der Waals surface area contributed by atoms with Crippen molar-refractivity contribution >= 4 is 17.0 Å². The van der Waals surface area contributed by atoms with E-state index in [2.05, 4.69) is 15.4 Å². The van der Waals surface area contributed by atoms with Crippen molar-refractivity contribution in [1.29, 1.82) is 0 Å². The smallest absolute Gasteiger partial charge is 0.373 e. The van der Waals surface area contributed by atoms with E-state index >= 15 is 0 Å². The quantitative estimate of drug-likeness (QED) is 0.880. The van der Waals surface area contributed by atoms with E-state index in [0.717, 1.165) is 4.90 Å². The number of rotatable bonds is 3. The lowest BCUT2D eigenvalue weighted by molar-refractivity contribution is -0.191. The highest BCUT2D eigenvalue weighted by molar-refractivity contribution is 7.84. The number of benzene rings is 1. The maximum absolute atomic E-state index is 11.1. The summed E-state index contributed by atoms with van der Waals surface area (Å²) < 4.78 is 16.5. The molecule has 1 aromatic heterocycles. The molecule has 0 spiro atoms. The molecular weight excluding hydrogens is 258 g/mol. The molecule has 1 unspecified atom stereocenters. The fourth-order valence-corrected chi connectivity index (χ4v) is 1.58. The van der Waals surface area contributed by atoms with Gasteiger partial charge in [0.15, 0.2) is 0 Å². The Morgan fingerprint density at radius 3 is 2.33 bits per heavy atom. The van der Waals surface area contributed by atoms with Crippen LogP contribution in [-0.4, -0.2) is 32.0 Å². The van der Waals surface area contributed by atoms with Crippen LogP contribution in [0.1, 0.15) is 0 Å². The Hall–Kier alpha value is -2.31. The molecule has 0 amide bonds. The van der Waals surface area contributed by atoms with Crippen molar-refractivity contribution < 1.29 is 18.5 Å². The highest BCUT2D eigenvalue weighted by atomic mass is 32.2. The van der Waals surface area contributed by atoms with Gasteiger partial charge in [0, 0.05) is 22.0 Å². The largest absolute Gasteiger partial charge is 0.436 e. The Labute approximate surface area is 105 Å². The van der Waals surface area contributed by atoms with Crippen LogP contribution in [0.3, 0.4) is 0 Å². The Bertz CT molecular complexity index is 533. The summed E-state index contributed by atoms with van der Waals surface area (Å²) in [6, 6.07) is 6.99. The molecule has 0 aliphatic heterocycles. The van der Waals surface area contributed by atoms with Crippen LogP contribution < -0.4 is 4.74 Å². The van der Waals surface area contributed by atoms with Gasteiger partial charge in [0.25, 0.3) is 5.88 Å². The maximum Gasteiger partial charge on any atom is 0.373 e. The average Bonchev–Trinajstić information content (AvgIpc) is 2.83. The number of aromatic amines is 1. The molecule has 1 aromatic carbocycles. The molecule has 1 atom stereocenters. The summed E-state index contributed by atoms with van der Waals surface area (Å²) in [7, 11) is -0.966. The fourth-order valence-electron chi connectivity index (χ4n) is 1.06. The third-order valence-corrected chi connectivity index (χ3v) is 2.71. The predicted molar refractivity (Wildman–Crippen MR) is 60.2 cm³/mol. The van der Waals surface area contributed by atoms with Gasteiger partial charge in [-0.3, -0.25) is 4.21 Å². The van der Waals surface area contributed by atoms with Crippen LogP contribution in [0.4, 0.5) is 0 Å². The second kappa shape index (κ2) is 7.10. The molecule has 0 saturated heterocycles. The first-order valence-electron chi connectivity index (χ1n) is 4.63. The van der Waals surface area contributed by atoms with Gasteiger partial charge in [-0.25, -0.2) is 0 Å². The maximum atomic E-state index is 11.1. The molecule has 7 nitrogen and oxygen atoms in total. The number of hydrogen-bond donors (Lipinski definition) is 1. The van der Waals surface area contributed by atoms with Crippen LogP contribution in [0.5, 0.6) is 11.6 Å². The van der Waals surface area contributed by atoms with Crippen LogP contribution in [0.15, 0.2) is 35.4 Å². The Balaban J connectivity index is 0.000000492. The number of carbonyl (C=O) groups excluding carboxylic acids is 2. The van der Waals surface area contributed by atoms with E-state index < -0.39 is 10.8 Å². The first-order chi connectivity index (χ1) is 8.67. The number of nitrogens with one attached hydrogen (secondary N) is 1. The summed E-state index contributed by atoms with van der Waals surface area (Å²) in [5, 5.41) is 9.81. The monoisotopic (exact) mass is 267 g/mol. The zero-order valence-corrected chi connectivity index (χ0v) is 10.1. The molecule has 0 bridgehead atoms. The van der Waals surface area contributed by atoms with Crippen LogP contribution in [-0.2, 0) is 20.4 Å². The Morgan fingerprint density at radius 2 is 1.89 bits per heavy atom. The van der Waals surface area contributed by atoms with Crippen LogP contribution in [0, 0.1) is 0 Å². The predicted octanol–water partition coefficient (Wildman–Crippen LogP) is 0.751. The van der Waals surface area contributed by atoms with E-state index in [1.807, 2.05) is 0 Å². The molecule has 2 rings (SSSR count). The van der Waals surface area contributed by atoms with E-state index in [-0.39, 0.29) is 6.15 Å². The summed E-state index contributed by atoms with van der Waals surface area (Å²) >= 11 is 0. The molecular formula is C10H9N3O4S. The molecule has 0 aliphatic carbocycles. The standard InChI is InChI=1S/C9H9N3O2S.CO2/c1-15(13)8-4-2-7(3-5-8)14-9-6-10-12-11-9;2-1-3/h2-6H,1H3,(H,10,11,12);. The molecule has 94 valence electrons. The molecule has 18 heavy (non-hydrogen) atoms. The van der Waals surface area contributed by atoms with Gasteiger partial charge >= 0.3 is 6.15 Å². The average molecular weight is 267 g/mol. The second-order valence-corrected chi connectivity index (χ2v) is 4.30. The summed E-state index contributed by atoms with van der Waals surface area (Å²) in [6.07, 6.45) is 3.36. The lowest BCUT2D eigenvalue weighted by atomic mass is 10.3. The van der Waals surface area contributed by atoms with Gasteiger partial charge in [0.05, 0.1) is 0 Å². The van der Waals surface area contributed by atoms with Gasteiger partial charge in [-0.15, -0.1) is 5.10 Å². The van der Waals surface area contributed by atoms with Gasteiger partial charge in [0.1, 0.15) is 11.9 Å². The molecule has 2 aromatic rings. The lowest BCUT2D eigenvalue weighted by Crippen LogP contribution is -1.88. The number of ether oxygens (including phenoxy) is 1.